The van der Waals surface area contributed by atoms with Crippen LogP contribution in [0.4, 0.5) is 0 Å². The van der Waals surface area contributed by atoms with Crippen molar-refractivity contribution in [3.8, 4) is 6.07 Å². The molecule has 1 amide bonds. The van der Waals surface area contributed by atoms with Crippen LogP contribution in [0.2, 0.25) is 0 Å². The minimum Gasteiger partial charge on any atom is -0.395 e. The summed E-state index contributed by atoms with van der Waals surface area (Å²) in [6.45, 7) is 4.14. The van der Waals surface area contributed by atoms with Crippen LogP contribution in [0.15, 0.2) is 36.9 Å². The molecule has 1 rings (SSSR count). The van der Waals surface area contributed by atoms with Crippen molar-refractivity contribution in [2.45, 2.75) is 0 Å². The van der Waals surface area contributed by atoms with Crippen LogP contribution in [0.3, 0.4) is 0 Å². The van der Waals surface area contributed by atoms with Crippen molar-refractivity contribution in [2.75, 3.05) is 19.7 Å². The zero-order chi connectivity index (χ0) is 12.7. The molecule has 0 heterocycles. The Hall–Kier alpha value is -2.12. The Bertz CT molecular complexity index is 432. The fraction of sp³-hybridized carbons (Fsp3) is 0.231. The average Bonchev–Trinajstić information content (AvgIpc) is 2.38. The zero-order valence-electron chi connectivity index (χ0n) is 9.47. The number of nitriles is 1. The number of benzene rings is 1. The van der Waals surface area contributed by atoms with Crippen LogP contribution >= 0.6 is 0 Å². The monoisotopic (exact) mass is 230 g/mol. The fourth-order valence-electron chi connectivity index (χ4n) is 1.42. The highest BCUT2D eigenvalue weighted by atomic mass is 16.3. The van der Waals surface area contributed by atoms with E-state index < -0.39 is 0 Å². The maximum atomic E-state index is 12.0. The normalized spacial score (nSPS) is 9.41. The Labute approximate surface area is 100 Å². The van der Waals surface area contributed by atoms with E-state index in [9.17, 15) is 4.79 Å². The van der Waals surface area contributed by atoms with Gasteiger partial charge in [0.05, 0.1) is 18.2 Å². The largest absolute Gasteiger partial charge is 0.395 e. The van der Waals surface area contributed by atoms with Crippen molar-refractivity contribution in [1.29, 1.82) is 5.26 Å². The van der Waals surface area contributed by atoms with Crippen molar-refractivity contribution in [3.63, 3.8) is 0 Å². The first-order valence-corrected chi connectivity index (χ1v) is 5.24. The maximum absolute atomic E-state index is 12.0. The number of aliphatic hydroxyl groups is 1. The number of nitrogens with zero attached hydrogens (tertiary/aromatic N) is 2. The van der Waals surface area contributed by atoms with Gasteiger partial charge >= 0.3 is 0 Å². The van der Waals surface area contributed by atoms with Gasteiger partial charge in [0.25, 0.3) is 5.91 Å². The van der Waals surface area contributed by atoms with E-state index in [1.807, 2.05) is 6.07 Å². The van der Waals surface area contributed by atoms with Crippen LogP contribution in [0.5, 0.6) is 0 Å². The van der Waals surface area contributed by atoms with Gasteiger partial charge in [0, 0.05) is 18.7 Å². The molecule has 0 atom stereocenters. The molecule has 0 aliphatic heterocycles. The molecule has 1 aromatic rings. The Morgan fingerprint density at radius 2 is 2.12 bits per heavy atom. The Kier molecular flexibility index (Phi) is 4.92. The van der Waals surface area contributed by atoms with E-state index >= 15 is 0 Å². The fourth-order valence-corrected chi connectivity index (χ4v) is 1.42. The molecule has 0 aliphatic rings. The molecular weight excluding hydrogens is 216 g/mol. The van der Waals surface area contributed by atoms with Gasteiger partial charge in [-0.25, -0.2) is 0 Å². The summed E-state index contributed by atoms with van der Waals surface area (Å²) in [6.07, 6.45) is 1.61. The summed E-state index contributed by atoms with van der Waals surface area (Å²) in [4.78, 5) is 13.5. The number of rotatable bonds is 5. The highest BCUT2D eigenvalue weighted by Gasteiger charge is 2.13. The Morgan fingerprint density at radius 3 is 2.59 bits per heavy atom. The van der Waals surface area contributed by atoms with Crippen molar-refractivity contribution in [2.24, 2.45) is 0 Å². The van der Waals surface area contributed by atoms with Gasteiger partial charge in [-0.2, -0.15) is 5.26 Å². The molecule has 4 nitrogen and oxygen atoms in total. The van der Waals surface area contributed by atoms with Crippen molar-refractivity contribution < 1.29 is 9.90 Å². The molecule has 0 unspecified atom stereocenters. The minimum absolute atomic E-state index is 0.0874. The van der Waals surface area contributed by atoms with E-state index in [0.717, 1.165) is 0 Å². The lowest BCUT2D eigenvalue weighted by Gasteiger charge is -2.19. The third kappa shape index (κ3) is 3.44. The number of hydrogen-bond donors (Lipinski definition) is 1. The number of hydrogen-bond acceptors (Lipinski definition) is 3. The van der Waals surface area contributed by atoms with Crippen LogP contribution in [-0.4, -0.2) is 35.6 Å². The van der Waals surface area contributed by atoms with Crippen LogP contribution in [0.25, 0.3) is 0 Å². The van der Waals surface area contributed by atoms with Gasteiger partial charge in [0.15, 0.2) is 0 Å². The molecule has 0 bridgehead atoms. The van der Waals surface area contributed by atoms with E-state index in [-0.39, 0.29) is 19.1 Å². The lowest BCUT2D eigenvalue weighted by atomic mass is 10.1. The average molecular weight is 230 g/mol. The number of aliphatic hydroxyl groups excluding tert-OH is 1. The number of carbonyl (C=O) groups is 1. The third-order valence-corrected chi connectivity index (χ3v) is 2.27. The maximum Gasteiger partial charge on any atom is 0.254 e. The van der Waals surface area contributed by atoms with Crippen LogP contribution in [0, 0.1) is 11.3 Å². The van der Waals surface area contributed by atoms with Crippen molar-refractivity contribution >= 4 is 5.91 Å². The topological polar surface area (TPSA) is 64.3 Å². The molecule has 4 heteroatoms. The first-order chi connectivity index (χ1) is 8.22. The molecule has 1 N–H and O–H groups in total. The summed E-state index contributed by atoms with van der Waals surface area (Å²) < 4.78 is 0. The van der Waals surface area contributed by atoms with Crippen molar-refractivity contribution in [1.82, 2.24) is 4.90 Å². The molecule has 0 saturated heterocycles. The summed E-state index contributed by atoms with van der Waals surface area (Å²) in [6, 6.07) is 8.39. The molecule has 88 valence electrons. The quantitative estimate of drug-likeness (QED) is 0.772. The summed E-state index contributed by atoms with van der Waals surface area (Å²) in [5, 5.41) is 17.5. The van der Waals surface area contributed by atoms with Crippen molar-refractivity contribution in [3.05, 3.63) is 48.0 Å². The Morgan fingerprint density at radius 1 is 1.47 bits per heavy atom. The molecule has 0 fully saturated rings. The molecule has 0 radical (unpaired) electrons. The van der Waals surface area contributed by atoms with E-state index in [4.69, 9.17) is 10.4 Å². The standard InChI is InChI=1S/C13H14N2O2/c1-2-7-15(8-9-16)13(17)12-5-3-11(10-14)4-6-12/h2-6,16H,1,7-9H2. The first kappa shape index (κ1) is 12.9. The predicted molar refractivity (Wildman–Crippen MR) is 64.3 cm³/mol. The molecule has 0 aromatic heterocycles. The van der Waals surface area contributed by atoms with Gasteiger partial charge in [-0.05, 0) is 24.3 Å². The highest BCUT2D eigenvalue weighted by Crippen LogP contribution is 2.07. The van der Waals surface area contributed by atoms with Gasteiger partial charge < -0.3 is 10.0 Å². The second-order valence-corrected chi connectivity index (χ2v) is 3.45. The molecule has 1 aromatic carbocycles. The summed E-state index contributed by atoms with van der Waals surface area (Å²) in [5.74, 6) is -0.177. The molecule has 0 spiro atoms. The van der Waals surface area contributed by atoms with Crippen LogP contribution in [0.1, 0.15) is 15.9 Å². The SMILES string of the molecule is C=CCN(CCO)C(=O)c1ccc(C#N)cc1. The molecule has 0 aliphatic carbocycles. The number of carbonyl (C=O) groups excluding carboxylic acids is 1. The van der Waals surface area contributed by atoms with Crippen LogP contribution < -0.4 is 0 Å². The van der Waals surface area contributed by atoms with Gasteiger partial charge in [-0.15, -0.1) is 6.58 Å². The van der Waals surface area contributed by atoms with E-state index in [1.54, 1.807) is 30.3 Å². The van der Waals surface area contributed by atoms with Gasteiger partial charge in [-0.1, -0.05) is 6.08 Å². The predicted octanol–water partition coefficient (Wildman–Crippen LogP) is 1.18. The smallest absolute Gasteiger partial charge is 0.254 e. The minimum atomic E-state index is -0.177. The van der Waals surface area contributed by atoms with Crippen LogP contribution in [-0.2, 0) is 0 Å². The van der Waals surface area contributed by atoms with E-state index in [0.29, 0.717) is 17.7 Å². The second kappa shape index (κ2) is 6.46. The lowest BCUT2D eigenvalue weighted by Crippen LogP contribution is -2.33. The number of amides is 1. The summed E-state index contributed by atoms with van der Waals surface area (Å²) in [5.41, 5.74) is 1.01. The van der Waals surface area contributed by atoms with E-state index in [2.05, 4.69) is 6.58 Å². The second-order valence-electron chi connectivity index (χ2n) is 3.45. The highest BCUT2D eigenvalue weighted by molar-refractivity contribution is 5.94. The molecule has 0 saturated carbocycles. The summed E-state index contributed by atoms with van der Waals surface area (Å²) >= 11 is 0. The molecule has 17 heavy (non-hydrogen) atoms. The first-order valence-electron chi connectivity index (χ1n) is 5.24. The van der Waals surface area contributed by atoms with Gasteiger partial charge in [0.2, 0.25) is 0 Å². The van der Waals surface area contributed by atoms with Gasteiger partial charge in [-0.3, -0.25) is 4.79 Å². The zero-order valence-corrected chi connectivity index (χ0v) is 9.47. The molecular formula is C13H14N2O2. The third-order valence-electron chi connectivity index (χ3n) is 2.27. The van der Waals surface area contributed by atoms with E-state index in [1.165, 1.54) is 4.90 Å². The van der Waals surface area contributed by atoms with Gasteiger partial charge in [0.1, 0.15) is 0 Å². The Balaban J connectivity index is 2.85. The summed E-state index contributed by atoms with van der Waals surface area (Å²) in [7, 11) is 0. The lowest BCUT2D eigenvalue weighted by molar-refractivity contribution is 0.0743.